The Kier molecular flexibility index (Phi) is 4.74. The van der Waals surface area contributed by atoms with Gasteiger partial charge in [-0.25, -0.2) is 0 Å². The molecule has 5 rings (SSSR count). The van der Waals surface area contributed by atoms with Crippen molar-refractivity contribution in [2.24, 2.45) is 17.6 Å². The van der Waals surface area contributed by atoms with Crippen LogP contribution in [0.4, 0.5) is 0 Å². The van der Waals surface area contributed by atoms with Crippen molar-refractivity contribution in [2.75, 3.05) is 13.1 Å². The molecule has 10 heteroatoms. The molecule has 3 aliphatic carbocycles. The monoisotopic (exact) mass is 470 g/mol. The van der Waals surface area contributed by atoms with Crippen LogP contribution in [0.25, 0.3) is 5.76 Å². The van der Waals surface area contributed by atoms with Gasteiger partial charge < -0.3 is 36.2 Å². The highest BCUT2D eigenvalue weighted by molar-refractivity contribution is 6.25. The van der Waals surface area contributed by atoms with Crippen LogP contribution in [0, 0.1) is 11.8 Å². The molecule has 1 amide bonds. The van der Waals surface area contributed by atoms with Crippen molar-refractivity contribution in [1.82, 2.24) is 4.90 Å². The number of carbonyl (C=O) groups excluding carboxylic acids is 3. The molecule has 7 N–H and O–H groups in total. The molecule has 180 valence electrons. The van der Waals surface area contributed by atoms with E-state index >= 15 is 0 Å². The molecular weight excluding hydrogens is 444 g/mol. The van der Waals surface area contributed by atoms with E-state index in [2.05, 4.69) is 0 Å². The molecule has 1 heterocycles. The number of amides is 1. The zero-order valence-electron chi connectivity index (χ0n) is 18.5. The minimum Gasteiger partial charge on any atom is -0.508 e. The molecule has 0 radical (unpaired) electrons. The number of benzene rings is 1. The summed E-state index contributed by atoms with van der Waals surface area (Å²) in [4.78, 5) is 41.2. The SMILES string of the molecule is C[C@@]1(O)c2cccc(O)c2C(O)=C2C(=O)[C@]3(O)C(O)=C(C(=O)N4CCCC4)C(=O)[C@@H](N)[C@@H]3C[C@@H]21. The molecule has 1 saturated carbocycles. The average Bonchev–Trinajstić information content (AvgIpc) is 3.33. The van der Waals surface area contributed by atoms with Crippen molar-refractivity contribution in [1.29, 1.82) is 0 Å². The number of phenolic OH excluding ortho intramolecular Hbond substituents is 1. The van der Waals surface area contributed by atoms with Crippen LogP contribution in [0.15, 0.2) is 35.1 Å². The van der Waals surface area contributed by atoms with E-state index in [0.29, 0.717) is 25.9 Å². The molecule has 5 atom stereocenters. The lowest BCUT2D eigenvalue weighted by atomic mass is 9.55. The van der Waals surface area contributed by atoms with Gasteiger partial charge >= 0.3 is 0 Å². The molecule has 2 fully saturated rings. The number of hydrogen-bond donors (Lipinski definition) is 6. The Morgan fingerprint density at radius 3 is 2.41 bits per heavy atom. The number of Topliss-reactive ketones (excluding diaryl/α,β-unsaturated/α-hetero) is 2. The Morgan fingerprint density at radius 2 is 1.76 bits per heavy atom. The van der Waals surface area contributed by atoms with Gasteiger partial charge in [0.2, 0.25) is 5.78 Å². The van der Waals surface area contributed by atoms with Gasteiger partial charge in [0.1, 0.15) is 22.8 Å². The van der Waals surface area contributed by atoms with Gasteiger partial charge in [0.05, 0.1) is 17.2 Å². The van der Waals surface area contributed by atoms with Crippen LogP contribution in [-0.2, 0) is 20.0 Å². The summed E-state index contributed by atoms with van der Waals surface area (Å²) < 4.78 is 0. The van der Waals surface area contributed by atoms with Crippen molar-refractivity contribution in [3.8, 4) is 5.75 Å². The number of aromatic hydroxyl groups is 1. The number of ketones is 2. The molecule has 4 aliphatic rings. The predicted molar refractivity (Wildman–Crippen MR) is 117 cm³/mol. The van der Waals surface area contributed by atoms with Crippen molar-refractivity contribution in [2.45, 2.75) is 43.4 Å². The Labute approximate surface area is 194 Å². The molecule has 1 aliphatic heterocycles. The van der Waals surface area contributed by atoms with Crippen molar-refractivity contribution in [3.05, 3.63) is 46.2 Å². The first-order valence-electron chi connectivity index (χ1n) is 11.2. The number of nitrogens with zero attached hydrogens (tertiary/aromatic N) is 1. The Morgan fingerprint density at radius 1 is 1.12 bits per heavy atom. The first kappa shape index (κ1) is 22.6. The third-order valence-electron chi connectivity index (χ3n) is 7.91. The average molecular weight is 470 g/mol. The summed E-state index contributed by atoms with van der Waals surface area (Å²) in [6.45, 7) is 2.12. The zero-order valence-corrected chi connectivity index (χ0v) is 18.5. The van der Waals surface area contributed by atoms with E-state index in [1.54, 1.807) is 0 Å². The van der Waals surface area contributed by atoms with Crippen molar-refractivity contribution < 1.29 is 39.9 Å². The smallest absolute Gasteiger partial charge is 0.261 e. The molecule has 0 bridgehead atoms. The number of carbonyl (C=O) groups is 3. The van der Waals surface area contributed by atoms with Crippen LogP contribution in [-0.4, -0.2) is 72.6 Å². The second-order valence-electron chi connectivity index (χ2n) is 9.71. The third kappa shape index (κ3) is 2.64. The third-order valence-corrected chi connectivity index (χ3v) is 7.91. The predicted octanol–water partition coefficient (Wildman–Crippen LogP) is 0.163. The highest BCUT2D eigenvalue weighted by Gasteiger charge is 2.65. The summed E-state index contributed by atoms with van der Waals surface area (Å²) in [6.07, 6.45) is 1.18. The van der Waals surface area contributed by atoms with E-state index in [-0.39, 0.29) is 23.3 Å². The lowest BCUT2D eigenvalue weighted by Crippen LogP contribution is -2.66. The van der Waals surface area contributed by atoms with Gasteiger partial charge in [-0.3, -0.25) is 14.4 Å². The summed E-state index contributed by atoms with van der Waals surface area (Å²) in [5.41, 5.74) is 0.489. The van der Waals surface area contributed by atoms with Gasteiger partial charge in [0.25, 0.3) is 5.91 Å². The lowest BCUT2D eigenvalue weighted by Gasteiger charge is -2.51. The van der Waals surface area contributed by atoms with Crippen molar-refractivity contribution >= 4 is 23.2 Å². The van der Waals surface area contributed by atoms with Gasteiger partial charge in [0.15, 0.2) is 11.4 Å². The van der Waals surface area contributed by atoms with Crippen LogP contribution in [0.1, 0.15) is 37.3 Å². The molecule has 10 nitrogen and oxygen atoms in total. The fraction of sp³-hybridized carbons (Fsp3) is 0.458. The molecule has 0 spiro atoms. The van der Waals surface area contributed by atoms with Crippen LogP contribution in [0.2, 0.25) is 0 Å². The van der Waals surface area contributed by atoms with Gasteiger partial charge in [-0.2, -0.15) is 0 Å². The molecule has 1 aromatic rings. The molecule has 0 unspecified atom stereocenters. The number of rotatable bonds is 1. The maximum absolute atomic E-state index is 13.7. The zero-order chi connectivity index (χ0) is 24.7. The number of nitrogens with two attached hydrogens (primary N) is 1. The van der Waals surface area contributed by atoms with Crippen LogP contribution in [0.5, 0.6) is 5.75 Å². The Balaban J connectivity index is 1.72. The Hall–Kier alpha value is -3.21. The molecule has 1 aromatic carbocycles. The van der Waals surface area contributed by atoms with E-state index in [1.807, 2.05) is 0 Å². The highest BCUT2D eigenvalue weighted by atomic mass is 16.3. The fourth-order valence-electron chi connectivity index (χ4n) is 6.02. The topological polar surface area (TPSA) is 182 Å². The highest BCUT2D eigenvalue weighted by Crippen LogP contribution is 2.56. The largest absolute Gasteiger partial charge is 0.508 e. The first-order valence-corrected chi connectivity index (χ1v) is 11.2. The van der Waals surface area contributed by atoms with Gasteiger partial charge in [-0.1, -0.05) is 12.1 Å². The molecular formula is C24H26N2O8. The van der Waals surface area contributed by atoms with E-state index in [4.69, 9.17) is 5.73 Å². The second-order valence-corrected chi connectivity index (χ2v) is 9.71. The molecule has 1 saturated heterocycles. The summed E-state index contributed by atoms with van der Waals surface area (Å²) in [5.74, 6) is -7.44. The number of likely N-dealkylation sites (tertiary alicyclic amines) is 1. The summed E-state index contributed by atoms with van der Waals surface area (Å²) in [7, 11) is 0. The number of fused-ring (bicyclic) bond motifs is 3. The number of aliphatic hydroxyl groups excluding tert-OH is 2. The van der Waals surface area contributed by atoms with Crippen LogP contribution < -0.4 is 5.73 Å². The summed E-state index contributed by atoms with van der Waals surface area (Å²) in [5, 5.41) is 55.4. The molecule has 34 heavy (non-hydrogen) atoms. The first-order chi connectivity index (χ1) is 15.9. The number of hydrogen-bond acceptors (Lipinski definition) is 9. The van der Waals surface area contributed by atoms with E-state index in [0.717, 1.165) is 0 Å². The standard InChI is InChI=1S/C24H26N2O8/c1-23(33)10-5-4-6-13(27)14(10)18(28)15-11(23)9-12-17(25)19(29)16(21(31)24(12,34)20(15)30)22(32)26-7-2-3-8-26/h4-6,11-12,17,27-28,31,33-34H,2-3,7-9,25H2,1H3/t11-,12-,17-,23+,24-/m0/s1. The lowest BCUT2D eigenvalue weighted by molar-refractivity contribution is -0.155. The maximum atomic E-state index is 13.7. The minimum absolute atomic E-state index is 0.164. The summed E-state index contributed by atoms with van der Waals surface area (Å²) in [6, 6.07) is 2.74. The van der Waals surface area contributed by atoms with E-state index in [1.165, 1.54) is 30.0 Å². The minimum atomic E-state index is -2.75. The number of phenols is 1. The van der Waals surface area contributed by atoms with E-state index < -0.39 is 69.2 Å². The quantitative estimate of drug-likeness (QED) is 0.312. The van der Waals surface area contributed by atoms with Crippen LogP contribution in [0.3, 0.4) is 0 Å². The number of aliphatic hydroxyl groups is 4. The van der Waals surface area contributed by atoms with Gasteiger partial charge in [0, 0.05) is 30.5 Å². The Bertz CT molecular complexity index is 1210. The fourth-order valence-corrected chi connectivity index (χ4v) is 6.02. The normalized spacial score (nSPS) is 35.3. The molecule has 0 aromatic heterocycles. The van der Waals surface area contributed by atoms with Gasteiger partial charge in [-0.05, 0) is 37.8 Å². The van der Waals surface area contributed by atoms with Crippen molar-refractivity contribution in [3.63, 3.8) is 0 Å². The summed E-state index contributed by atoms with van der Waals surface area (Å²) >= 11 is 0. The van der Waals surface area contributed by atoms with Gasteiger partial charge in [-0.15, -0.1) is 0 Å². The van der Waals surface area contributed by atoms with Crippen LogP contribution >= 0.6 is 0 Å². The second kappa shape index (κ2) is 7.14. The van der Waals surface area contributed by atoms with E-state index in [9.17, 15) is 39.9 Å². The maximum Gasteiger partial charge on any atom is 0.261 e.